The summed E-state index contributed by atoms with van der Waals surface area (Å²) in [6.45, 7) is 1.32. The fourth-order valence-corrected chi connectivity index (χ4v) is 1.39. The van der Waals surface area contributed by atoms with Crippen molar-refractivity contribution in [3.05, 3.63) is 36.7 Å². The first-order valence-corrected chi connectivity index (χ1v) is 4.69. The van der Waals surface area contributed by atoms with Crippen molar-refractivity contribution in [3.8, 4) is 17.1 Å². The lowest BCUT2D eigenvalue weighted by Crippen LogP contribution is -2.04. The van der Waals surface area contributed by atoms with Gasteiger partial charge in [-0.2, -0.15) is 4.73 Å². The van der Waals surface area contributed by atoms with Crippen LogP contribution in [0, 0.1) is 0 Å². The molecule has 2 rings (SSSR count). The summed E-state index contributed by atoms with van der Waals surface area (Å²) in [5.74, 6) is 0.289. The Morgan fingerprint density at radius 2 is 2.19 bits per heavy atom. The molecule has 1 N–H and O–H groups in total. The van der Waals surface area contributed by atoms with Gasteiger partial charge in [0.05, 0.1) is 11.8 Å². The predicted molar refractivity (Wildman–Crippen MR) is 56.2 cm³/mol. The number of imidazole rings is 1. The third-order valence-electron chi connectivity index (χ3n) is 2.00. The number of aromatic nitrogens is 2. The van der Waals surface area contributed by atoms with E-state index in [0.717, 1.165) is 4.73 Å². The number of rotatable bonds is 2. The summed E-state index contributed by atoms with van der Waals surface area (Å²) in [4.78, 5) is 14.9. The molecule has 0 spiro atoms. The number of hydrogen-bond donors (Lipinski definition) is 1. The Kier molecular flexibility index (Phi) is 2.59. The van der Waals surface area contributed by atoms with Gasteiger partial charge < -0.3 is 9.94 Å². The Morgan fingerprint density at radius 3 is 2.81 bits per heavy atom. The van der Waals surface area contributed by atoms with E-state index in [4.69, 9.17) is 4.74 Å². The monoisotopic (exact) mass is 218 g/mol. The number of benzene rings is 1. The molecule has 0 unspecified atom stereocenters. The van der Waals surface area contributed by atoms with Gasteiger partial charge in [0.2, 0.25) is 0 Å². The van der Waals surface area contributed by atoms with Crippen LogP contribution in [0.3, 0.4) is 0 Å². The lowest BCUT2D eigenvalue weighted by molar-refractivity contribution is -0.131. The summed E-state index contributed by atoms with van der Waals surface area (Å²) in [7, 11) is 0. The first-order valence-electron chi connectivity index (χ1n) is 4.69. The number of esters is 1. The highest BCUT2D eigenvalue weighted by molar-refractivity contribution is 5.74. The van der Waals surface area contributed by atoms with Crippen molar-refractivity contribution >= 4 is 5.97 Å². The van der Waals surface area contributed by atoms with Gasteiger partial charge in [-0.15, -0.1) is 0 Å². The third-order valence-corrected chi connectivity index (χ3v) is 2.00. The molecule has 5 heteroatoms. The van der Waals surface area contributed by atoms with Crippen LogP contribution in [0.4, 0.5) is 0 Å². The van der Waals surface area contributed by atoms with Gasteiger partial charge in [0.15, 0.2) is 5.82 Å². The van der Waals surface area contributed by atoms with Gasteiger partial charge in [-0.05, 0) is 12.1 Å². The van der Waals surface area contributed by atoms with E-state index < -0.39 is 5.97 Å². The van der Waals surface area contributed by atoms with Gasteiger partial charge >= 0.3 is 5.97 Å². The molecule has 16 heavy (non-hydrogen) atoms. The number of carbonyl (C=O) groups excluding carboxylic acids is 1. The second-order valence-corrected chi connectivity index (χ2v) is 3.19. The maximum Gasteiger partial charge on any atom is 0.308 e. The third kappa shape index (κ3) is 1.88. The summed E-state index contributed by atoms with van der Waals surface area (Å²) in [6, 6.07) is 6.88. The number of ether oxygens (including phenoxy) is 1. The van der Waals surface area contributed by atoms with E-state index in [0.29, 0.717) is 17.1 Å². The van der Waals surface area contributed by atoms with E-state index in [1.165, 1.54) is 19.3 Å². The molecule has 0 radical (unpaired) electrons. The molecule has 2 aromatic rings. The Labute approximate surface area is 91.9 Å². The number of nitrogens with zero attached hydrogens (tertiary/aromatic N) is 2. The zero-order chi connectivity index (χ0) is 11.5. The predicted octanol–water partition coefficient (Wildman–Crippen LogP) is 1.71. The van der Waals surface area contributed by atoms with Crippen molar-refractivity contribution in [2.45, 2.75) is 6.92 Å². The summed E-state index contributed by atoms with van der Waals surface area (Å²) in [5, 5.41) is 9.48. The average Bonchev–Trinajstić information content (AvgIpc) is 2.64. The Balaban J connectivity index is 2.48. The molecular weight excluding hydrogens is 208 g/mol. The minimum atomic E-state index is -0.413. The average molecular weight is 218 g/mol. The Bertz CT molecular complexity index is 519. The molecule has 0 aliphatic heterocycles. The molecule has 5 nitrogen and oxygen atoms in total. The fraction of sp³-hybridized carbons (Fsp3) is 0.0909. The highest BCUT2D eigenvalue weighted by atomic mass is 16.5. The molecule has 82 valence electrons. The molecule has 0 saturated heterocycles. The van der Waals surface area contributed by atoms with Gasteiger partial charge in [-0.25, -0.2) is 4.98 Å². The van der Waals surface area contributed by atoms with Crippen LogP contribution in [0.15, 0.2) is 36.7 Å². The largest absolute Gasteiger partial charge is 0.427 e. The minimum absolute atomic E-state index is 0.330. The van der Waals surface area contributed by atoms with E-state index in [1.807, 2.05) is 0 Å². The van der Waals surface area contributed by atoms with E-state index >= 15 is 0 Å². The topological polar surface area (TPSA) is 64.3 Å². The van der Waals surface area contributed by atoms with Crippen molar-refractivity contribution in [1.29, 1.82) is 0 Å². The van der Waals surface area contributed by atoms with Crippen LogP contribution < -0.4 is 4.74 Å². The number of para-hydroxylation sites is 1. The lowest BCUT2D eigenvalue weighted by Gasteiger charge is -2.07. The second kappa shape index (κ2) is 4.06. The molecular formula is C11H10N2O3. The molecule has 1 heterocycles. The molecule has 0 fully saturated rings. The van der Waals surface area contributed by atoms with Crippen molar-refractivity contribution in [2.24, 2.45) is 0 Å². The van der Waals surface area contributed by atoms with Crippen LogP contribution in [-0.2, 0) is 4.79 Å². The summed E-state index contributed by atoms with van der Waals surface area (Å²) in [5.41, 5.74) is 0.560. The fourth-order valence-electron chi connectivity index (χ4n) is 1.39. The summed E-state index contributed by atoms with van der Waals surface area (Å²) in [6.07, 6.45) is 2.86. The Morgan fingerprint density at radius 1 is 1.44 bits per heavy atom. The smallest absolute Gasteiger partial charge is 0.308 e. The summed E-state index contributed by atoms with van der Waals surface area (Å²) >= 11 is 0. The molecule has 0 saturated carbocycles. The quantitative estimate of drug-likeness (QED) is 0.473. The highest BCUT2D eigenvalue weighted by Crippen LogP contribution is 2.27. The molecule has 1 aromatic carbocycles. The van der Waals surface area contributed by atoms with E-state index in [-0.39, 0.29) is 0 Å². The van der Waals surface area contributed by atoms with Crippen LogP contribution in [-0.4, -0.2) is 20.9 Å². The van der Waals surface area contributed by atoms with Gasteiger partial charge in [0.25, 0.3) is 0 Å². The minimum Gasteiger partial charge on any atom is -0.427 e. The highest BCUT2D eigenvalue weighted by Gasteiger charge is 2.12. The van der Waals surface area contributed by atoms with Gasteiger partial charge in [0.1, 0.15) is 5.75 Å². The molecule has 0 bridgehead atoms. The van der Waals surface area contributed by atoms with Crippen LogP contribution in [0.5, 0.6) is 5.75 Å². The van der Waals surface area contributed by atoms with Crippen molar-refractivity contribution in [3.63, 3.8) is 0 Å². The van der Waals surface area contributed by atoms with Gasteiger partial charge in [0, 0.05) is 13.1 Å². The van der Waals surface area contributed by atoms with E-state index in [2.05, 4.69) is 4.98 Å². The Hall–Kier alpha value is -2.30. The molecule has 1 aromatic heterocycles. The van der Waals surface area contributed by atoms with Crippen molar-refractivity contribution < 1.29 is 14.7 Å². The van der Waals surface area contributed by atoms with Crippen LogP contribution in [0.25, 0.3) is 11.4 Å². The second-order valence-electron chi connectivity index (χ2n) is 3.19. The lowest BCUT2D eigenvalue weighted by atomic mass is 10.2. The van der Waals surface area contributed by atoms with Gasteiger partial charge in [-0.1, -0.05) is 12.1 Å². The van der Waals surface area contributed by atoms with Gasteiger partial charge in [-0.3, -0.25) is 4.79 Å². The maximum absolute atomic E-state index is 10.9. The van der Waals surface area contributed by atoms with Crippen LogP contribution in [0.2, 0.25) is 0 Å². The van der Waals surface area contributed by atoms with E-state index in [1.54, 1.807) is 24.3 Å². The molecule has 0 aliphatic carbocycles. The number of carbonyl (C=O) groups is 1. The molecule has 0 amide bonds. The van der Waals surface area contributed by atoms with E-state index in [9.17, 15) is 10.0 Å². The SMILES string of the molecule is CC(=O)Oc1ccccc1-c1nccn1O. The van der Waals surface area contributed by atoms with Crippen molar-refractivity contribution in [2.75, 3.05) is 0 Å². The normalized spacial score (nSPS) is 10.1. The first kappa shape index (κ1) is 10.2. The van der Waals surface area contributed by atoms with Crippen LogP contribution >= 0.6 is 0 Å². The maximum atomic E-state index is 10.9. The van der Waals surface area contributed by atoms with Crippen molar-refractivity contribution in [1.82, 2.24) is 9.71 Å². The number of hydrogen-bond acceptors (Lipinski definition) is 4. The molecule has 0 atom stereocenters. The zero-order valence-electron chi connectivity index (χ0n) is 8.62. The first-order chi connectivity index (χ1) is 7.68. The zero-order valence-corrected chi connectivity index (χ0v) is 8.62. The molecule has 0 aliphatic rings. The summed E-state index contributed by atoms with van der Waals surface area (Å²) < 4.78 is 5.90. The van der Waals surface area contributed by atoms with Crippen LogP contribution in [0.1, 0.15) is 6.92 Å². The standard InChI is InChI=1S/C11H10N2O3/c1-8(14)16-10-5-3-2-4-9(10)11-12-6-7-13(11)15/h2-7,15H,1H3.